The molecular weight excluding hydrogens is 290 g/mol. The van der Waals surface area contributed by atoms with Crippen molar-refractivity contribution in [1.82, 2.24) is 9.88 Å². The average molecular weight is 310 g/mol. The van der Waals surface area contributed by atoms with E-state index in [2.05, 4.69) is 46.6 Å². The van der Waals surface area contributed by atoms with Crippen LogP contribution in [0, 0.1) is 0 Å². The normalized spacial score (nSPS) is 11.0. The van der Waals surface area contributed by atoms with Gasteiger partial charge in [-0.2, -0.15) is 0 Å². The summed E-state index contributed by atoms with van der Waals surface area (Å²) < 4.78 is 0. The SMILES string of the molecule is CCNc1ccc(Cl)c(CN(CC)Cc2cccs2)n1. The highest BCUT2D eigenvalue weighted by Crippen LogP contribution is 2.20. The number of anilines is 1. The van der Waals surface area contributed by atoms with E-state index in [1.807, 2.05) is 12.1 Å². The van der Waals surface area contributed by atoms with E-state index < -0.39 is 0 Å². The van der Waals surface area contributed by atoms with Crippen LogP contribution in [0.5, 0.6) is 0 Å². The molecule has 0 saturated carbocycles. The lowest BCUT2D eigenvalue weighted by Crippen LogP contribution is -2.22. The van der Waals surface area contributed by atoms with Gasteiger partial charge in [-0.15, -0.1) is 11.3 Å². The third-order valence-electron chi connectivity index (χ3n) is 3.06. The molecule has 0 amide bonds. The largest absolute Gasteiger partial charge is 0.370 e. The Labute approximate surface area is 129 Å². The lowest BCUT2D eigenvalue weighted by Gasteiger charge is -2.20. The van der Waals surface area contributed by atoms with E-state index in [4.69, 9.17) is 11.6 Å². The number of nitrogens with zero attached hydrogens (tertiary/aromatic N) is 2. The van der Waals surface area contributed by atoms with E-state index in [0.717, 1.165) is 42.7 Å². The Morgan fingerprint density at radius 2 is 2.10 bits per heavy atom. The van der Waals surface area contributed by atoms with Crippen LogP contribution in [0.4, 0.5) is 5.82 Å². The summed E-state index contributed by atoms with van der Waals surface area (Å²) in [6.07, 6.45) is 0. The number of thiophene rings is 1. The lowest BCUT2D eigenvalue weighted by molar-refractivity contribution is 0.271. The number of rotatable bonds is 7. The molecule has 108 valence electrons. The van der Waals surface area contributed by atoms with Crippen LogP contribution < -0.4 is 5.32 Å². The van der Waals surface area contributed by atoms with Gasteiger partial charge in [0.2, 0.25) is 0 Å². The van der Waals surface area contributed by atoms with Crippen molar-refractivity contribution in [2.45, 2.75) is 26.9 Å². The second-order valence-corrected chi connectivity index (χ2v) is 5.98. The molecule has 0 spiro atoms. The molecule has 2 aromatic heterocycles. The smallest absolute Gasteiger partial charge is 0.126 e. The molecule has 0 saturated heterocycles. The number of hydrogen-bond donors (Lipinski definition) is 1. The summed E-state index contributed by atoms with van der Waals surface area (Å²) in [6.45, 7) is 7.77. The molecule has 0 radical (unpaired) electrons. The molecule has 1 N–H and O–H groups in total. The highest BCUT2D eigenvalue weighted by molar-refractivity contribution is 7.09. The summed E-state index contributed by atoms with van der Waals surface area (Å²) in [5, 5.41) is 6.07. The molecule has 0 aliphatic carbocycles. The monoisotopic (exact) mass is 309 g/mol. The lowest BCUT2D eigenvalue weighted by atomic mass is 10.3. The van der Waals surface area contributed by atoms with E-state index in [0.29, 0.717) is 0 Å². The van der Waals surface area contributed by atoms with Gasteiger partial charge in [-0.05, 0) is 37.0 Å². The second-order valence-electron chi connectivity index (χ2n) is 4.54. The van der Waals surface area contributed by atoms with Crippen molar-refractivity contribution in [2.75, 3.05) is 18.4 Å². The molecule has 0 bridgehead atoms. The van der Waals surface area contributed by atoms with E-state index >= 15 is 0 Å². The fourth-order valence-electron chi connectivity index (χ4n) is 1.99. The van der Waals surface area contributed by atoms with E-state index in [-0.39, 0.29) is 0 Å². The molecule has 0 aliphatic rings. The Morgan fingerprint density at radius 1 is 1.25 bits per heavy atom. The molecule has 3 nitrogen and oxygen atoms in total. The van der Waals surface area contributed by atoms with Gasteiger partial charge in [0.25, 0.3) is 0 Å². The van der Waals surface area contributed by atoms with Gasteiger partial charge in [-0.1, -0.05) is 24.6 Å². The molecule has 20 heavy (non-hydrogen) atoms. The molecule has 2 rings (SSSR count). The first-order chi connectivity index (χ1) is 9.72. The van der Waals surface area contributed by atoms with Crippen LogP contribution in [-0.4, -0.2) is 23.0 Å². The maximum Gasteiger partial charge on any atom is 0.126 e. The zero-order chi connectivity index (χ0) is 14.4. The van der Waals surface area contributed by atoms with Gasteiger partial charge in [0.05, 0.1) is 10.7 Å². The summed E-state index contributed by atoms with van der Waals surface area (Å²) in [4.78, 5) is 8.31. The predicted molar refractivity (Wildman–Crippen MR) is 87.5 cm³/mol. The molecular formula is C15H20ClN3S. The van der Waals surface area contributed by atoms with Crippen molar-refractivity contribution in [3.05, 3.63) is 45.2 Å². The van der Waals surface area contributed by atoms with Gasteiger partial charge in [0.15, 0.2) is 0 Å². The number of pyridine rings is 1. The summed E-state index contributed by atoms with van der Waals surface area (Å²) in [7, 11) is 0. The molecule has 0 unspecified atom stereocenters. The third-order valence-corrected chi connectivity index (χ3v) is 4.26. The number of nitrogens with one attached hydrogen (secondary N) is 1. The molecule has 5 heteroatoms. The maximum absolute atomic E-state index is 6.26. The van der Waals surface area contributed by atoms with Gasteiger partial charge in [0.1, 0.15) is 5.82 Å². The zero-order valence-electron chi connectivity index (χ0n) is 11.9. The highest BCUT2D eigenvalue weighted by Gasteiger charge is 2.10. The van der Waals surface area contributed by atoms with Crippen molar-refractivity contribution in [2.24, 2.45) is 0 Å². The van der Waals surface area contributed by atoms with E-state index in [9.17, 15) is 0 Å². The van der Waals surface area contributed by atoms with Crippen molar-refractivity contribution in [3.8, 4) is 0 Å². The Hall–Kier alpha value is -1.10. The van der Waals surface area contributed by atoms with Crippen molar-refractivity contribution in [1.29, 1.82) is 0 Å². The van der Waals surface area contributed by atoms with Gasteiger partial charge < -0.3 is 5.32 Å². The van der Waals surface area contributed by atoms with Crippen LogP contribution >= 0.6 is 22.9 Å². The van der Waals surface area contributed by atoms with Crippen molar-refractivity contribution >= 4 is 28.8 Å². The quantitative estimate of drug-likeness (QED) is 0.828. The Bertz CT molecular complexity index is 528. The fourth-order valence-corrected chi connectivity index (χ4v) is 2.90. The first-order valence-corrected chi connectivity index (χ1v) is 8.12. The van der Waals surface area contributed by atoms with Crippen LogP contribution in [0.1, 0.15) is 24.4 Å². The molecule has 2 heterocycles. The fraction of sp³-hybridized carbons (Fsp3) is 0.400. The van der Waals surface area contributed by atoms with Crippen LogP contribution in [0.2, 0.25) is 5.02 Å². The van der Waals surface area contributed by atoms with Gasteiger partial charge in [0, 0.05) is 24.5 Å². The Kier molecular flexibility index (Phi) is 5.83. The van der Waals surface area contributed by atoms with Crippen LogP contribution in [0.25, 0.3) is 0 Å². The van der Waals surface area contributed by atoms with Crippen LogP contribution in [0.15, 0.2) is 29.6 Å². The summed E-state index contributed by atoms with van der Waals surface area (Å²) in [5.74, 6) is 0.888. The van der Waals surface area contributed by atoms with Gasteiger partial charge in [-0.3, -0.25) is 4.90 Å². The average Bonchev–Trinajstić information content (AvgIpc) is 2.95. The first kappa shape index (κ1) is 15.3. The highest BCUT2D eigenvalue weighted by atomic mass is 35.5. The van der Waals surface area contributed by atoms with Gasteiger partial charge >= 0.3 is 0 Å². The van der Waals surface area contributed by atoms with Crippen LogP contribution in [-0.2, 0) is 13.1 Å². The summed E-state index contributed by atoms with van der Waals surface area (Å²) in [6, 6.07) is 8.09. The standard InChI is InChI=1S/C15H20ClN3S/c1-3-17-15-8-7-13(16)14(18-15)11-19(4-2)10-12-6-5-9-20-12/h5-9H,3-4,10-11H2,1-2H3,(H,17,18). The Morgan fingerprint density at radius 3 is 2.75 bits per heavy atom. The maximum atomic E-state index is 6.26. The molecule has 2 aromatic rings. The topological polar surface area (TPSA) is 28.2 Å². The predicted octanol–water partition coefficient (Wildman–Crippen LogP) is 4.25. The minimum atomic E-state index is 0.733. The molecule has 0 fully saturated rings. The summed E-state index contributed by atoms with van der Waals surface area (Å²) >= 11 is 8.05. The number of hydrogen-bond acceptors (Lipinski definition) is 4. The van der Waals surface area contributed by atoms with E-state index in [1.165, 1.54) is 4.88 Å². The second kappa shape index (κ2) is 7.62. The minimum absolute atomic E-state index is 0.733. The van der Waals surface area contributed by atoms with Crippen LogP contribution in [0.3, 0.4) is 0 Å². The molecule has 0 aromatic carbocycles. The number of aromatic nitrogens is 1. The third kappa shape index (κ3) is 4.20. The van der Waals surface area contributed by atoms with Crippen molar-refractivity contribution < 1.29 is 0 Å². The first-order valence-electron chi connectivity index (χ1n) is 6.87. The molecule has 0 atom stereocenters. The van der Waals surface area contributed by atoms with Gasteiger partial charge in [-0.25, -0.2) is 4.98 Å². The van der Waals surface area contributed by atoms with E-state index in [1.54, 1.807) is 11.3 Å². The number of halogens is 1. The Balaban J connectivity index is 2.08. The minimum Gasteiger partial charge on any atom is -0.370 e. The zero-order valence-corrected chi connectivity index (χ0v) is 13.5. The van der Waals surface area contributed by atoms with Crippen molar-refractivity contribution in [3.63, 3.8) is 0 Å². The molecule has 0 aliphatic heterocycles. The summed E-state index contributed by atoms with van der Waals surface area (Å²) in [5.41, 5.74) is 0.934.